The molecule has 0 aliphatic carbocycles. The third-order valence-corrected chi connectivity index (χ3v) is 2.40. The van der Waals surface area contributed by atoms with E-state index in [1.54, 1.807) is 0 Å². The lowest BCUT2D eigenvalue weighted by atomic mass is 9.99. The minimum Gasteiger partial charge on any atom is -0.505 e. The molecule has 2 N–H and O–H groups in total. The summed E-state index contributed by atoms with van der Waals surface area (Å²) in [4.78, 5) is 10.5. The van der Waals surface area contributed by atoms with Gasteiger partial charge in [-0.15, -0.1) is 0 Å². The largest absolute Gasteiger partial charge is 0.505 e. The third kappa shape index (κ3) is 3.22. The number of rotatable bonds is 5. The molecule has 0 amide bonds. The highest BCUT2D eigenvalue weighted by molar-refractivity contribution is 5.67. The number of hydrogen-bond donors (Lipinski definition) is 2. The van der Waals surface area contributed by atoms with Crippen molar-refractivity contribution in [2.24, 2.45) is 0 Å². The standard InChI is InChI=1S/C12H15FO3/c1-2-3-8-7-11(14)10(13)6-9(8)4-5-12(15)16/h6-7,14H,2-5H2,1H3,(H,15,16). The first-order valence-corrected chi connectivity index (χ1v) is 5.26. The van der Waals surface area contributed by atoms with Crippen molar-refractivity contribution in [3.8, 4) is 5.75 Å². The molecule has 1 aromatic carbocycles. The number of hydrogen-bond acceptors (Lipinski definition) is 2. The first-order valence-electron chi connectivity index (χ1n) is 5.26. The molecule has 0 heterocycles. The van der Waals surface area contributed by atoms with E-state index in [0.717, 1.165) is 12.0 Å². The molecular weight excluding hydrogens is 211 g/mol. The fourth-order valence-corrected chi connectivity index (χ4v) is 1.62. The van der Waals surface area contributed by atoms with Gasteiger partial charge in [0, 0.05) is 6.42 Å². The molecule has 0 unspecified atom stereocenters. The molecule has 0 radical (unpaired) electrons. The van der Waals surface area contributed by atoms with Gasteiger partial charge in [-0.3, -0.25) is 4.79 Å². The number of phenolic OH excluding ortho intramolecular Hbond substituents is 1. The van der Waals surface area contributed by atoms with Crippen LogP contribution in [0.1, 0.15) is 30.9 Å². The number of carboxylic acids is 1. The van der Waals surface area contributed by atoms with Crippen molar-refractivity contribution in [2.45, 2.75) is 32.6 Å². The van der Waals surface area contributed by atoms with E-state index < -0.39 is 11.8 Å². The number of carbonyl (C=O) groups is 1. The normalized spacial score (nSPS) is 10.4. The second kappa shape index (κ2) is 5.49. The average molecular weight is 226 g/mol. The highest BCUT2D eigenvalue weighted by Crippen LogP contribution is 2.23. The summed E-state index contributed by atoms with van der Waals surface area (Å²) < 4.78 is 13.1. The Balaban J connectivity index is 2.94. The molecule has 1 rings (SSSR count). The van der Waals surface area contributed by atoms with Crippen LogP contribution in [0.4, 0.5) is 4.39 Å². The van der Waals surface area contributed by atoms with E-state index in [1.165, 1.54) is 12.1 Å². The topological polar surface area (TPSA) is 57.5 Å². The number of carboxylic acid groups (broad SMARTS) is 1. The van der Waals surface area contributed by atoms with E-state index in [0.29, 0.717) is 18.4 Å². The molecule has 0 spiro atoms. The van der Waals surface area contributed by atoms with Gasteiger partial charge in [0.1, 0.15) is 0 Å². The van der Waals surface area contributed by atoms with Crippen LogP contribution in [0.5, 0.6) is 5.75 Å². The highest BCUT2D eigenvalue weighted by atomic mass is 19.1. The monoisotopic (exact) mass is 226 g/mol. The number of benzene rings is 1. The van der Waals surface area contributed by atoms with E-state index >= 15 is 0 Å². The van der Waals surface area contributed by atoms with Gasteiger partial charge in [0.05, 0.1) is 0 Å². The van der Waals surface area contributed by atoms with Crippen molar-refractivity contribution in [3.63, 3.8) is 0 Å². The van der Waals surface area contributed by atoms with E-state index in [1.807, 2.05) is 6.92 Å². The molecule has 0 saturated carbocycles. The lowest BCUT2D eigenvalue weighted by Crippen LogP contribution is -2.01. The Labute approximate surface area is 93.5 Å². The zero-order chi connectivity index (χ0) is 12.1. The van der Waals surface area contributed by atoms with Gasteiger partial charge in [-0.2, -0.15) is 0 Å². The van der Waals surface area contributed by atoms with Crippen LogP contribution in [0.25, 0.3) is 0 Å². The predicted molar refractivity (Wildman–Crippen MR) is 58.0 cm³/mol. The Hall–Kier alpha value is -1.58. The van der Waals surface area contributed by atoms with Crippen molar-refractivity contribution < 1.29 is 19.4 Å². The average Bonchev–Trinajstić information content (AvgIpc) is 2.21. The summed E-state index contributed by atoms with van der Waals surface area (Å²) in [5.74, 6) is -1.97. The Morgan fingerprint density at radius 3 is 2.50 bits per heavy atom. The van der Waals surface area contributed by atoms with Crippen LogP contribution in [0, 0.1) is 5.82 Å². The van der Waals surface area contributed by atoms with E-state index in [4.69, 9.17) is 5.11 Å². The van der Waals surface area contributed by atoms with E-state index in [2.05, 4.69) is 0 Å². The van der Waals surface area contributed by atoms with Crippen molar-refractivity contribution in [2.75, 3.05) is 0 Å². The lowest BCUT2D eigenvalue weighted by molar-refractivity contribution is -0.136. The number of halogens is 1. The van der Waals surface area contributed by atoms with Gasteiger partial charge in [-0.25, -0.2) is 4.39 Å². The van der Waals surface area contributed by atoms with Crippen LogP contribution in [-0.4, -0.2) is 16.2 Å². The van der Waals surface area contributed by atoms with Crippen molar-refractivity contribution in [1.82, 2.24) is 0 Å². The van der Waals surface area contributed by atoms with Gasteiger partial charge in [-0.1, -0.05) is 13.3 Å². The van der Waals surface area contributed by atoms with Crippen molar-refractivity contribution >= 4 is 5.97 Å². The van der Waals surface area contributed by atoms with Gasteiger partial charge in [-0.05, 0) is 36.1 Å². The molecule has 0 atom stereocenters. The molecule has 16 heavy (non-hydrogen) atoms. The summed E-state index contributed by atoms with van der Waals surface area (Å²) in [6, 6.07) is 2.61. The Kier molecular flexibility index (Phi) is 4.28. The maximum Gasteiger partial charge on any atom is 0.303 e. The first kappa shape index (κ1) is 12.5. The molecule has 1 aromatic rings. The summed E-state index contributed by atoms with van der Waals surface area (Å²) in [6.07, 6.45) is 1.84. The lowest BCUT2D eigenvalue weighted by Gasteiger charge is -2.09. The van der Waals surface area contributed by atoms with Crippen LogP contribution in [0.3, 0.4) is 0 Å². The maximum absolute atomic E-state index is 13.1. The summed E-state index contributed by atoms with van der Waals surface area (Å²) in [6.45, 7) is 1.97. The fourth-order valence-electron chi connectivity index (χ4n) is 1.62. The van der Waals surface area contributed by atoms with E-state index in [9.17, 15) is 14.3 Å². The van der Waals surface area contributed by atoms with Gasteiger partial charge < -0.3 is 10.2 Å². The number of aliphatic carboxylic acids is 1. The Morgan fingerprint density at radius 2 is 1.94 bits per heavy atom. The van der Waals surface area contributed by atoms with Crippen LogP contribution in [-0.2, 0) is 17.6 Å². The molecule has 0 aromatic heterocycles. The molecular formula is C12H15FO3. The van der Waals surface area contributed by atoms with Crippen LogP contribution >= 0.6 is 0 Å². The molecule has 0 saturated heterocycles. The quantitative estimate of drug-likeness (QED) is 0.811. The molecule has 0 fully saturated rings. The van der Waals surface area contributed by atoms with Crippen molar-refractivity contribution in [3.05, 3.63) is 29.1 Å². The van der Waals surface area contributed by atoms with Gasteiger partial charge in [0.2, 0.25) is 0 Å². The number of phenols is 1. The number of aromatic hydroxyl groups is 1. The van der Waals surface area contributed by atoms with Crippen LogP contribution in [0.2, 0.25) is 0 Å². The summed E-state index contributed by atoms with van der Waals surface area (Å²) in [5, 5.41) is 17.8. The van der Waals surface area contributed by atoms with Gasteiger partial charge >= 0.3 is 5.97 Å². The van der Waals surface area contributed by atoms with Crippen molar-refractivity contribution in [1.29, 1.82) is 0 Å². The zero-order valence-electron chi connectivity index (χ0n) is 9.16. The van der Waals surface area contributed by atoms with E-state index in [-0.39, 0.29) is 12.2 Å². The molecule has 4 heteroatoms. The smallest absolute Gasteiger partial charge is 0.303 e. The maximum atomic E-state index is 13.1. The zero-order valence-corrected chi connectivity index (χ0v) is 9.16. The third-order valence-electron chi connectivity index (χ3n) is 2.40. The SMILES string of the molecule is CCCc1cc(O)c(F)cc1CCC(=O)O. The minimum absolute atomic E-state index is 0.0269. The molecule has 3 nitrogen and oxygen atoms in total. The predicted octanol–water partition coefficient (Wildman–Crippen LogP) is 2.50. The Bertz CT molecular complexity index is 388. The van der Waals surface area contributed by atoms with Crippen LogP contribution < -0.4 is 0 Å². The second-order valence-corrected chi connectivity index (χ2v) is 3.72. The summed E-state index contributed by atoms with van der Waals surface area (Å²) in [5.41, 5.74) is 1.49. The summed E-state index contributed by atoms with van der Waals surface area (Å²) in [7, 11) is 0. The summed E-state index contributed by atoms with van der Waals surface area (Å²) >= 11 is 0. The second-order valence-electron chi connectivity index (χ2n) is 3.72. The highest BCUT2D eigenvalue weighted by Gasteiger charge is 2.10. The molecule has 0 bridgehead atoms. The van der Waals surface area contributed by atoms with Gasteiger partial charge in [0.15, 0.2) is 11.6 Å². The molecule has 88 valence electrons. The Morgan fingerprint density at radius 1 is 1.31 bits per heavy atom. The minimum atomic E-state index is -0.907. The van der Waals surface area contributed by atoms with Crippen LogP contribution in [0.15, 0.2) is 12.1 Å². The fraction of sp³-hybridized carbons (Fsp3) is 0.417. The number of aryl methyl sites for hydroxylation is 2. The molecule has 0 aliphatic rings. The first-order chi connectivity index (χ1) is 7.54. The van der Waals surface area contributed by atoms with Gasteiger partial charge in [0.25, 0.3) is 0 Å². The molecule has 0 aliphatic heterocycles.